The number of rotatable bonds is 4. The molecule has 0 radical (unpaired) electrons. The Morgan fingerprint density at radius 1 is 1.21 bits per heavy atom. The lowest BCUT2D eigenvalue weighted by molar-refractivity contribution is -0.142. The van der Waals surface area contributed by atoms with Crippen molar-refractivity contribution in [2.75, 3.05) is 36.5 Å². The molecular formula is C22H26ClN3O2. The van der Waals surface area contributed by atoms with Gasteiger partial charge in [-0.25, -0.2) is 0 Å². The molecule has 2 atom stereocenters. The highest BCUT2D eigenvalue weighted by Gasteiger charge is 2.38. The van der Waals surface area contributed by atoms with Crippen LogP contribution in [0.5, 0.6) is 0 Å². The van der Waals surface area contributed by atoms with Gasteiger partial charge < -0.3 is 19.9 Å². The van der Waals surface area contributed by atoms with E-state index in [9.17, 15) is 4.79 Å². The van der Waals surface area contributed by atoms with Gasteiger partial charge in [-0.3, -0.25) is 4.79 Å². The Morgan fingerprint density at radius 2 is 2.04 bits per heavy atom. The van der Waals surface area contributed by atoms with Crippen LogP contribution >= 0.6 is 11.6 Å². The van der Waals surface area contributed by atoms with Gasteiger partial charge in [-0.1, -0.05) is 29.8 Å². The molecule has 148 valence electrons. The number of piperidine rings is 1. The Morgan fingerprint density at radius 3 is 2.86 bits per heavy atom. The van der Waals surface area contributed by atoms with Crippen molar-refractivity contribution in [3.05, 3.63) is 53.1 Å². The minimum absolute atomic E-state index is 0.126. The maximum atomic E-state index is 11.9. The molecule has 1 saturated heterocycles. The predicted molar refractivity (Wildman–Crippen MR) is 114 cm³/mol. The summed E-state index contributed by atoms with van der Waals surface area (Å²) in [6, 6.07) is 14.9. The first-order valence-electron chi connectivity index (χ1n) is 9.88. The van der Waals surface area contributed by atoms with E-state index >= 15 is 0 Å². The molecule has 2 aromatic carbocycles. The average molecular weight is 400 g/mol. The van der Waals surface area contributed by atoms with E-state index in [1.165, 1.54) is 11.3 Å². The van der Waals surface area contributed by atoms with Gasteiger partial charge in [0.25, 0.3) is 0 Å². The second-order valence-corrected chi connectivity index (χ2v) is 7.76. The number of ether oxygens (including phenoxy) is 1. The molecule has 2 aliphatic rings. The number of carbonyl (C=O) groups excluding carboxylic acids is 1. The van der Waals surface area contributed by atoms with Crippen molar-refractivity contribution in [3.8, 4) is 0 Å². The van der Waals surface area contributed by atoms with E-state index in [1.807, 2.05) is 13.0 Å². The Hall–Kier alpha value is -2.24. The van der Waals surface area contributed by atoms with Gasteiger partial charge in [0.05, 0.1) is 30.6 Å². The molecule has 4 rings (SSSR count). The molecule has 0 bridgehead atoms. The second-order valence-electron chi connectivity index (χ2n) is 7.32. The quantitative estimate of drug-likeness (QED) is 0.777. The second kappa shape index (κ2) is 8.02. The molecule has 0 aliphatic carbocycles. The van der Waals surface area contributed by atoms with E-state index in [0.717, 1.165) is 35.8 Å². The number of anilines is 3. The summed E-state index contributed by atoms with van der Waals surface area (Å²) in [7, 11) is 2.10. The zero-order valence-corrected chi connectivity index (χ0v) is 17.1. The van der Waals surface area contributed by atoms with Crippen molar-refractivity contribution >= 4 is 34.6 Å². The molecule has 28 heavy (non-hydrogen) atoms. The summed E-state index contributed by atoms with van der Waals surface area (Å²) < 4.78 is 5.11. The number of benzene rings is 2. The van der Waals surface area contributed by atoms with Crippen LogP contribution in [-0.2, 0) is 9.53 Å². The minimum Gasteiger partial charge on any atom is -0.465 e. The number of nitrogens with one attached hydrogen (secondary N) is 1. The van der Waals surface area contributed by atoms with Gasteiger partial charge in [0.1, 0.15) is 0 Å². The summed E-state index contributed by atoms with van der Waals surface area (Å²) in [5.41, 5.74) is 4.73. The van der Waals surface area contributed by atoms with Crippen LogP contribution in [-0.4, -0.2) is 38.8 Å². The molecule has 1 N–H and O–H groups in total. The Balaban J connectivity index is 1.76. The van der Waals surface area contributed by atoms with Gasteiger partial charge in [0, 0.05) is 30.3 Å². The molecule has 0 saturated carbocycles. The molecule has 1 unspecified atom stereocenters. The summed E-state index contributed by atoms with van der Waals surface area (Å²) >= 11 is 6.37. The number of esters is 1. The van der Waals surface area contributed by atoms with Crippen LogP contribution in [0.15, 0.2) is 42.5 Å². The lowest BCUT2D eigenvalue weighted by Crippen LogP contribution is -2.49. The monoisotopic (exact) mass is 399 g/mol. The number of fused-ring (bicyclic) bond motifs is 5. The number of para-hydroxylation sites is 1. The van der Waals surface area contributed by atoms with Crippen LogP contribution in [0.1, 0.15) is 31.4 Å². The summed E-state index contributed by atoms with van der Waals surface area (Å²) in [6.45, 7) is 3.42. The molecule has 1 fully saturated rings. The molecule has 6 heteroatoms. The van der Waals surface area contributed by atoms with Crippen molar-refractivity contribution < 1.29 is 9.53 Å². The maximum Gasteiger partial charge on any atom is 0.319 e. The Bertz CT molecular complexity index is 873. The van der Waals surface area contributed by atoms with Crippen LogP contribution in [0.25, 0.3) is 0 Å². The highest BCUT2D eigenvalue weighted by molar-refractivity contribution is 6.31. The highest BCUT2D eigenvalue weighted by atomic mass is 35.5. The first-order chi connectivity index (χ1) is 13.6. The van der Waals surface area contributed by atoms with Gasteiger partial charge in [0.2, 0.25) is 0 Å². The maximum absolute atomic E-state index is 11.9. The smallest absolute Gasteiger partial charge is 0.319 e. The van der Waals surface area contributed by atoms with Crippen LogP contribution in [0.4, 0.5) is 17.1 Å². The van der Waals surface area contributed by atoms with E-state index in [-0.39, 0.29) is 24.6 Å². The number of hydrogen-bond donors (Lipinski definition) is 1. The average Bonchev–Trinajstić information content (AvgIpc) is 2.81. The van der Waals surface area contributed by atoms with Crippen molar-refractivity contribution in [2.45, 2.75) is 31.8 Å². The largest absolute Gasteiger partial charge is 0.465 e. The van der Waals surface area contributed by atoms with Crippen LogP contribution in [0.2, 0.25) is 5.02 Å². The van der Waals surface area contributed by atoms with Gasteiger partial charge >= 0.3 is 5.97 Å². The number of hydrogen-bond acceptors (Lipinski definition) is 5. The van der Waals surface area contributed by atoms with E-state index < -0.39 is 0 Å². The first kappa shape index (κ1) is 19.1. The molecule has 5 nitrogen and oxygen atoms in total. The van der Waals surface area contributed by atoms with Crippen molar-refractivity contribution in [3.63, 3.8) is 0 Å². The lowest BCUT2D eigenvalue weighted by atomic mass is 9.89. The summed E-state index contributed by atoms with van der Waals surface area (Å²) in [5, 5.41) is 4.20. The third-order valence-corrected chi connectivity index (χ3v) is 5.91. The summed E-state index contributed by atoms with van der Waals surface area (Å²) in [5.74, 6) is -0.206. The number of carbonyl (C=O) groups is 1. The predicted octanol–water partition coefficient (Wildman–Crippen LogP) is 4.28. The highest BCUT2D eigenvalue weighted by Crippen LogP contribution is 2.48. The normalized spacial score (nSPS) is 20.7. The molecular weight excluding hydrogens is 374 g/mol. The minimum atomic E-state index is -0.206. The third kappa shape index (κ3) is 3.45. The van der Waals surface area contributed by atoms with Crippen molar-refractivity contribution in [1.82, 2.24) is 5.32 Å². The third-order valence-electron chi connectivity index (χ3n) is 5.67. The van der Waals surface area contributed by atoms with Gasteiger partial charge in [0.15, 0.2) is 0 Å². The Labute approximate surface area is 171 Å². The molecule has 2 heterocycles. The van der Waals surface area contributed by atoms with Gasteiger partial charge in [-0.05, 0) is 49.6 Å². The zero-order valence-electron chi connectivity index (χ0n) is 16.3. The van der Waals surface area contributed by atoms with Crippen LogP contribution < -0.4 is 15.1 Å². The van der Waals surface area contributed by atoms with Crippen molar-refractivity contribution in [1.29, 1.82) is 0 Å². The topological polar surface area (TPSA) is 44.8 Å². The van der Waals surface area contributed by atoms with Crippen LogP contribution in [0.3, 0.4) is 0 Å². The van der Waals surface area contributed by atoms with E-state index in [2.05, 4.69) is 58.6 Å². The SMILES string of the molecule is CCOC(=O)CN[C@H]1CCCN2c3cc(Cl)ccc3N(C)c3ccccc3C12. The first-order valence-corrected chi connectivity index (χ1v) is 10.3. The zero-order chi connectivity index (χ0) is 19.7. The number of nitrogens with zero attached hydrogens (tertiary/aromatic N) is 2. The lowest BCUT2D eigenvalue weighted by Gasteiger charge is -2.43. The molecule has 0 aromatic heterocycles. The van der Waals surface area contributed by atoms with Gasteiger partial charge in [-0.2, -0.15) is 0 Å². The van der Waals surface area contributed by atoms with E-state index in [0.29, 0.717) is 6.61 Å². The van der Waals surface area contributed by atoms with Crippen molar-refractivity contribution in [2.24, 2.45) is 0 Å². The fourth-order valence-electron chi connectivity index (χ4n) is 4.47. The fraction of sp³-hybridized carbons (Fsp3) is 0.409. The Kier molecular flexibility index (Phi) is 5.47. The van der Waals surface area contributed by atoms with E-state index in [4.69, 9.17) is 16.3 Å². The molecule has 2 aliphatic heterocycles. The molecule has 2 aromatic rings. The standard InChI is InChI=1S/C22H26ClN3O2/c1-3-28-21(27)14-24-17-8-6-12-26-20-13-15(23)10-11-19(20)25(2)18-9-5-4-7-16(18)22(17)26/h4-5,7,9-11,13,17,22,24H,3,6,8,12,14H2,1-2H3/t17-,22?/m0/s1. The number of halogens is 1. The molecule has 0 spiro atoms. The summed E-state index contributed by atoms with van der Waals surface area (Å²) in [6.07, 6.45) is 2.06. The molecule has 0 amide bonds. The fourth-order valence-corrected chi connectivity index (χ4v) is 4.64. The summed E-state index contributed by atoms with van der Waals surface area (Å²) in [4.78, 5) is 16.6. The van der Waals surface area contributed by atoms with Gasteiger partial charge in [-0.15, -0.1) is 0 Å². The van der Waals surface area contributed by atoms with E-state index in [1.54, 1.807) is 0 Å². The van der Waals surface area contributed by atoms with Crippen LogP contribution in [0, 0.1) is 0 Å².